The van der Waals surface area contributed by atoms with E-state index in [2.05, 4.69) is 41.2 Å². The van der Waals surface area contributed by atoms with E-state index in [9.17, 15) is 14.7 Å². The van der Waals surface area contributed by atoms with Crippen LogP contribution in [-0.2, 0) is 14.3 Å². The lowest BCUT2D eigenvalue weighted by Gasteiger charge is -2.73. The van der Waals surface area contributed by atoms with Gasteiger partial charge in [-0.3, -0.25) is 9.59 Å². The minimum absolute atomic E-state index is 0.124. The van der Waals surface area contributed by atoms with E-state index >= 15 is 0 Å². The Balaban J connectivity index is 1.54. The van der Waals surface area contributed by atoms with Crippen molar-refractivity contribution in [2.75, 3.05) is 0 Å². The van der Waals surface area contributed by atoms with Crippen molar-refractivity contribution in [2.45, 2.75) is 119 Å². The van der Waals surface area contributed by atoms with E-state index in [0.717, 1.165) is 25.2 Å². The summed E-state index contributed by atoms with van der Waals surface area (Å²) < 4.78 is 5.79. The van der Waals surface area contributed by atoms with Gasteiger partial charge in [0, 0.05) is 13.3 Å². The molecule has 5 aliphatic carbocycles. The Hall–Kier alpha value is -1.32. The van der Waals surface area contributed by atoms with Crippen LogP contribution in [0.4, 0.5) is 0 Å². The van der Waals surface area contributed by atoms with Gasteiger partial charge < -0.3 is 9.84 Å². The Bertz CT molecular complexity index is 971. The van der Waals surface area contributed by atoms with Gasteiger partial charge in [-0.25, -0.2) is 0 Å². The van der Waals surface area contributed by atoms with Crippen LogP contribution in [0.5, 0.6) is 0 Å². The lowest BCUT2D eigenvalue weighted by Crippen LogP contribution is -2.67. The third-order valence-corrected chi connectivity index (χ3v) is 13.8. The van der Waals surface area contributed by atoms with E-state index < -0.39 is 11.4 Å². The molecule has 202 valence electrons. The van der Waals surface area contributed by atoms with E-state index in [0.29, 0.717) is 29.6 Å². The standard InChI is InChI=1S/C32H50O4/c1-19(2)22-11-14-28(4)23(22)12-15-31(7)25(28)9-10-26-29(5)17-21(36-20(3)33)18-30(6,27(34)35)24(29)13-16-32(26,31)8/h21-26H,1,9-18H2,2-8H3,(H,34,35)/t21-,22+,23-,24+,25+,26+,28-,29-,30-,31+,32+/m0/s1. The van der Waals surface area contributed by atoms with Gasteiger partial charge in [-0.05, 0) is 123 Å². The maximum absolute atomic E-state index is 12.7. The largest absolute Gasteiger partial charge is 0.481 e. The van der Waals surface area contributed by atoms with E-state index in [1.165, 1.54) is 51.0 Å². The zero-order valence-electron chi connectivity index (χ0n) is 23.9. The van der Waals surface area contributed by atoms with Crippen LogP contribution in [0, 0.1) is 56.7 Å². The van der Waals surface area contributed by atoms with Gasteiger partial charge in [-0.2, -0.15) is 0 Å². The van der Waals surface area contributed by atoms with Gasteiger partial charge in [-0.1, -0.05) is 39.8 Å². The normalized spacial score (nSPS) is 53.9. The molecule has 0 radical (unpaired) electrons. The van der Waals surface area contributed by atoms with E-state index in [-0.39, 0.29) is 34.2 Å². The smallest absolute Gasteiger partial charge is 0.309 e. The molecule has 0 aromatic carbocycles. The van der Waals surface area contributed by atoms with Crippen LogP contribution in [0.3, 0.4) is 0 Å². The summed E-state index contributed by atoms with van der Waals surface area (Å²) in [6, 6.07) is 0. The molecule has 0 heterocycles. The second-order valence-corrected chi connectivity index (χ2v) is 15.1. The second kappa shape index (κ2) is 8.09. The molecule has 1 N–H and O–H groups in total. The Morgan fingerprint density at radius 3 is 1.92 bits per heavy atom. The molecule has 5 saturated carbocycles. The number of carboxylic acids is 1. The van der Waals surface area contributed by atoms with Gasteiger partial charge in [0.2, 0.25) is 0 Å². The Morgan fingerprint density at radius 1 is 0.778 bits per heavy atom. The fraction of sp³-hybridized carbons (Fsp3) is 0.875. The number of carbonyl (C=O) groups is 2. The number of hydrogen-bond donors (Lipinski definition) is 1. The molecule has 4 heteroatoms. The Kier molecular flexibility index (Phi) is 5.91. The van der Waals surface area contributed by atoms with E-state index in [4.69, 9.17) is 4.74 Å². The molecule has 0 aromatic heterocycles. The van der Waals surface area contributed by atoms with Crippen molar-refractivity contribution in [1.82, 2.24) is 0 Å². The second-order valence-electron chi connectivity index (χ2n) is 15.1. The zero-order valence-corrected chi connectivity index (χ0v) is 23.9. The third-order valence-electron chi connectivity index (χ3n) is 13.8. The van der Waals surface area contributed by atoms with Crippen LogP contribution >= 0.6 is 0 Å². The summed E-state index contributed by atoms with van der Waals surface area (Å²) in [5.74, 6) is 1.73. The molecule has 0 saturated heterocycles. The maximum atomic E-state index is 12.7. The number of allylic oxidation sites excluding steroid dienone is 1. The van der Waals surface area contributed by atoms with Crippen LogP contribution in [0.15, 0.2) is 12.2 Å². The van der Waals surface area contributed by atoms with Gasteiger partial charge in [0.15, 0.2) is 0 Å². The summed E-state index contributed by atoms with van der Waals surface area (Å²) in [5, 5.41) is 10.5. The van der Waals surface area contributed by atoms with Gasteiger partial charge in [0.1, 0.15) is 6.10 Å². The molecule has 36 heavy (non-hydrogen) atoms. The van der Waals surface area contributed by atoms with Crippen LogP contribution < -0.4 is 0 Å². The predicted molar refractivity (Wildman–Crippen MR) is 142 cm³/mol. The molecule has 5 fully saturated rings. The highest BCUT2D eigenvalue weighted by Gasteiger charge is 2.72. The highest BCUT2D eigenvalue weighted by atomic mass is 16.5. The number of ether oxygens (including phenoxy) is 1. The monoisotopic (exact) mass is 498 g/mol. The summed E-state index contributed by atoms with van der Waals surface area (Å²) in [5.41, 5.74) is 1.20. The number of fused-ring (bicyclic) bond motifs is 7. The molecule has 0 amide bonds. The number of aliphatic carboxylic acids is 1. The first-order valence-electron chi connectivity index (χ1n) is 14.7. The van der Waals surface area contributed by atoms with Crippen molar-refractivity contribution in [3.8, 4) is 0 Å². The van der Waals surface area contributed by atoms with Crippen molar-refractivity contribution in [3.63, 3.8) is 0 Å². The van der Waals surface area contributed by atoms with E-state index in [1.807, 2.05) is 6.92 Å². The first-order chi connectivity index (χ1) is 16.6. The van der Waals surface area contributed by atoms with Crippen LogP contribution in [-0.4, -0.2) is 23.1 Å². The fourth-order valence-electron chi connectivity index (χ4n) is 12.2. The molecule has 0 unspecified atom stereocenters. The van der Waals surface area contributed by atoms with Crippen molar-refractivity contribution in [2.24, 2.45) is 56.7 Å². The topological polar surface area (TPSA) is 63.6 Å². The molecule has 5 aliphatic rings. The minimum atomic E-state index is -0.851. The number of esters is 1. The number of carbonyl (C=O) groups excluding carboxylic acids is 1. The number of hydrogen-bond acceptors (Lipinski definition) is 3. The molecular weight excluding hydrogens is 448 g/mol. The lowest BCUT2D eigenvalue weighted by atomic mass is 9.31. The summed E-state index contributed by atoms with van der Waals surface area (Å²) in [6.07, 6.45) is 10.6. The Labute approximate surface area is 219 Å². The van der Waals surface area contributed by atoms with Crippen LogP contribution in [0.25, 0.3) is 0 Å². The maximum Gasteiger partial charge on any atom is 0.309 e. The third kappa shape index (κ3) is 3.24. The van der Waals surface area contributed by atoms with Crippen LogP contribution in [0.2, 0.25) is 0 Å². The molecule has 11 atom stereocenters. The Morgan fingerprint density at radius 2 is 1.36 bits per heavy atom. The fourth-order valence-corrected chi connectivity index (χ4v) is 12.2. The molecular formula is C32H50O4. The van der Waals surface area contributed by atoms with Gasteiger partial charge in [0.05, 0.1) is 5.41 Å². The average molecular weight is 499 g/mol. The summed E-state index contributed by atoms with van der Waals surface area (Å²) in [6.45, 7) is 20.2. The van der Waals surface area contributed by atoms with Crippen molar-refractivity contribution in [3.05, 3.63) is 12.2 Å². The highest BCUT2D eigenvalue weighted by molar-refractivity contribution is 5.75. The first kappa shape index (κ1) is 26.3. The molecule has 5 rings (SSSR count). The number of rotatable bonds is 3. The average Bonchev–Trinajstić information content (AvgIpc) is 3.10. The lowest BCUT2D eigenvalue weighted by molar-refractivity contribution is -0.252. The minimum Gasteiger partial charge on any atom is -0.481 e. The van der Waals surface area contributed by atoms with Crippen molar-refractivity contribution < 1.29 is 19.4 Å². The van der Waals surface area contributed by atoms with E-state index in [1.54, 1.807) is 0 Å². The first-order valence-corrected chi connectivity index (χ1v) is 14.7. The molecule has 0 bridgehead atoms. The summed E-state index contributed by atoms with van der Waals surface area (Å²) in [4.78, 5) is 24.7. The molecule has 0 spiro atoms. The van der Waals surface area contributed by atoms with Crippen LogP contribution in [0.1, 0.15) is 113 Å². The van der Waals surface area contributed by atoms with Gasteiger partial charge in [-0.15, -0.1) is 0 Å². The molecule has 4 nitrogen and oxygen atoms in total. The van der Waals surface area contributed by atoms with Crippen molar-refractivity contribution >= 4 is 11.9 Å². The highest BCUT2D eigenvalue weighted by Crippen LogP contribution is 2.78. The van der Waals surface area contributed by atoms with Crippen molar-refractivity contribution in [1.29, 1.82) is 0 Å². The molecule has 0 aliphatic heterocycles. The summed E-state index contributed by atoms with van der Waals surface area (Å²) >= 11 is 0. The zero-order chi connectivity index (χ0) is 26.5. The summed E-state index contributed by atoms with van der Waals surface area (Å²) in [7, 11) is 0. The van der Waals surface area contributed by atoms with Gasteiger partial charge >= 0.3 is 11.9 Å². The van der Waals surface area contributed by atoms with Gasteiger partial charge in [0.25, 0.3) is 0 Å². The quantitative estimate of drug-likeness (QED) is 0.320. The predicted octanol–water partition coefficient (Wildman–Crippen LogP) is 7.66. The molecule has 0 aromatic rings. The number of carboxylic acid groups (broad SMARTS) is 1. The SMILES string of the molecule is C=C(C)[C@H]1CC[C@]2(C)[C@H]3CC[C@@H]4[C@@]5(C)C[C@H](OC(C)=O)C[C@](C)(C(=O)O)[C@@H]5CC[C@@]4(C)[C@]3(C)CC[C@@H]12.